The van der Waals surface area contributed by atoms with Crippen molar-refractivity contribution < 1.29 is 18.0 Å². The molecule has 0 saturated heterocycles. The first-order valence-corrected chi connectivity index (χ1v) is 11.4. The number of hydrogen-bond donors (Lipinski definition) is 3. The van der Waals surface area contributed by atoms with Crippen molar-refractivity contribution in [2.45, 2.75) is 57.3 Å². The molecule has 152 valence electrons. The molecule has 1 aromatic carbocycles. The summed E-state index contributed by atoms with van der Waals surface area (Å²) in [4.78, 5) is 26.5. The van der Waals surface area contributed by atoms with Crippen LogP contribution in [0.25, 0.3) is 0 Å². The molecule has 28 heavy (non-hydrogen) atoms. The Balaban J connectivity index is 1.48. The Labute approximate surface area is 165 Å². The molecular weight excluding hydrogens is 378 g/mol. The van der Waals surface area contributed by atoms with E-state index in [1.165, 1.54) is 32.3 Å². The highest BCUT2D eigenvalue weighted by atomic mass is 32.2. The van der Waals surface area contributed by atoms with Crippen molar-refractivity contribution in [2.24, 2.45) is 23.2 Å². The molecule has 0 aliphatic heterocycles. The number of amides is 2. The van der Waals surface area contributed by atoms with Gasteiger partial charge in [-0.3, -0.25) is 15.0 Å². The maximum Gasteiger partial charge on any atom is 0.257 e. The van der Waals surface area contributed by atoms with E-state index in [-0.39, 0.29) is 16.7 Å². The highest BCUT2D eigenvalue weighted by Gasteiger charge is 2.54. The van der Waals surface area contributed by atoms with Gasteiger partial charge in [0.15, 0.2) is 0 Å². The van der Waals surface area contributed by atoms with Crippen LogP contribution in [-0.4, -0.2) is 20.2 Å². The van der Waals surface area contributed by atoms with Crippen LogP contribution in [0.4, 0.5) is 5.69 Å². The molecule has 0 radical (unpaired) electrons. The molecule has 4 fully saturated rings. The number of benzene rings is 1. The van der Waals surface area contributed by atoms with Crippen LogP contribution in [-0.2, 0) is 19.6 Å². The molecule has 4 saturated carbocycles. The molecule has 4 bridgehead atoms. The summed E-state index contributed by atoms with van der Waals surface area (Å²) < 4.78 is 25.6. The van der Waals surface area contributed by atoms with E-state index < -0.39 is 15.4 Å². The lowest BCUT2D eigenvalue weighted by Gasteiger charge is -2.55. The number of rotatable bonds is 5. The number of sulfonamides is 1. The molecule has 7 nitrogen and oxygen atoms in total. The van der Waals surface area contributed by atoms with E-state index in [1.807, 2.05) is 0 Å². The van der Waals surface area contributed by atoms with Crippen molar-refractivity contribution in [1.29, 1.82) is 0 Å². The van der Waals surface area contributed by atoms with Crippen molar-refractivity contribution in [1.82, 2.24) is 10.3 Å². The maximum absolute atomic E-state index is 13.0. The van der Waals surface area contributed by atoms with Gasteiger partial charge in [-0.15, -0.1) is 4.83 Å². The van der Waals surface area contributed by atoms with E-state index >= 15 is 0 Å². The number of anilines is 1. The first-order chi connectivity index (χ1) is 13.2. The lowest BCUT2D eigenvalue weighted by Crippen LogP contribution is -2.56. The number of nitrogens with one attached hydrogen (secondary N) is 3. The fourth-order valence-corrected chi connectivity index (χ4v) is 6.97. The number of aryl methyl sites for hydroxylation is 1. The molecule has 0 unspecified atom stereocenters. The molecule has 1 aromatic rings. The van der Waals surface area contributed by atoms with Gasteiger partial charge in [-0.1, -0.05) is 6.07 Å². The Bertz CT molecular complexity index is 890. The second-order valence-corrected chi connectivity index (χ2v) is 10.6. The van der Waals surface area contributed by atoms with Crippen molar-refractivity contribution in [2.75, 3.05) is 5.32 Å². The molecule has 3 N–H and O–H groups in total. The standard InChI is InChI=1S/C20H27N3O4S/c1-12-3-4-17(21-13(2)24)8-18(12)28(26,27)23-22-19(25)20-9-14-5-15(10-20)7-16(6-14)11-20/h3-4,8,14-16,23H,5-7,9-11H2,1-2H3,(H,21,24)(H,22,25). The van der Waals surface area contributed by atoms with E-state index in [0.29, 0.717) is 29.0 Å². The van der Waals surface area contributed by atoms with Gasteiger partial charge in [0.05, 0.1) is 10.3 Å². The third-order valence-electron chi connectivity index (χ3n) is 6.62. The molecular formula is C20H27N3O4S. The monoisotopic (exact) mass is 405 g/mol. The summed E-state index contributed by atoms with van der Waals surface area (Å²) in [6.07, 6.45) is 6.24. The quantitative estimate of drug-likeness (QED) is 0.655. The number of carbonyl (C=O) groups is 2. The molecule has 0 atom stereocenters. The van der Waals surface area contributed by atoms with Crippen molar-refractivity contribution >= 4 is 27.5 Å². The fourth-order valence-electron chi connectivity index (χ4n) is 5.86. The summed E-state index contributed by atoms with van der Waals surface area (Å²) in [7, 11) is -3.95. The Morgan fingerprint density at radius 1 is 1.04 bits per heavy atom. The van der Waals surface area contributed by atoms with E-state index in [4.69, 9.17) is 0 Å². The van der Waals surface area contributed by atoms with Crippen molar-refractivity contribution in [3.63, 3.8) is 0 Å². The summed E-state index contributed by atoms with van der Waals surface area (Å²) in [6.45, 7) is 3.03. The highest BCUT2D eigenvalue weighted by Crippen LogP contribution is 2.60. The smallest absolute Gasteiger partial charge is 0.257 e. The third kappa shape index (κ3) is 3.55. The summed E-state index contributed by atoms with van der Waals surface area (Å²) in [5.74, 6) is 1.32. The molecule has 2 amide bonds. The topological polar surface area (TPSA) is 104 Å². The Hall–Kier alpha value is -1.93. The summed E-state index contributed by atoms with van der Waals surface area (Å²) in [5, 5.41) is 2.58. The zero-order valence-electron chi connectivity index (χ0n) is 16.2. The van der Waals surface area contributed by atoms with Crippen molar-refractivity contribution in [3.05, 3.63) is 23.8 Å². The normalized spacial score (nSPS) is 30.9. The first-order valence-electron chi connectivity index (χ1n) is 9.87. The molecule has 0 heterocycles. The lowest BCUT2D eigenvalue weighted by atomic mass is 9.49. The largest absolute Gasteiger partial charge is 0.326 e. The number of carbonyl (C=O) groups excluding carboxylic acids is 2. The molecule has 4 aliphatic carbocycles. The van der Waals surface area contributed by atoms with E-state index in [9.17, 15) is 18.0 Å². The fraction of sp³-hybridized carbons (Fsp3) is 0.600. The molecule has 4 aliphatic rings. The van der Waals surface area contributed by atoms with Gasteiger partial charge in [-0.2, -0.15) is 0 Å². The van der Waals surface area contributed by atoms with Gasteiger partial charge in [0.25, 0.3) is 10.0 Å². The second kappa shape index (κ2) is 6.84. The highest BCUT2D eigenvalue weighted by molar-refractivity contribution is 7.89. The van der Waals surface area contributed by atoms with E-state index in [1.54, 1.807) is 19.1 Å². The van der Waals surface area contributed by atoms with Crippen LogP contribution in [0.3, 0.4) is 0 Å². The summed E-state index contributed by atoms with van der Waals surface area (Å²) >= 11 is 0. The zero-order valence-corrected chi connectivity index (χ0v) is 17.1. The number of hydrogen-bond acceptors (Lipinski definition) is 4. The predicted octanol–water partition coefficient (Wildman–Crippen LogP) is 2.48. The van der Waals surface area contributed by atoms with Gasteiger partial charge in [0.2, 0.25) is 11.8 Å². The van der Waals surface area contributed by atoms with Crippen LogP contribution in [0.15, 0.2) is 23.1 Å². The van der Waals surface area contributed by atoms with Crippen LogP contribution in [0.2, 0.25) is 0 Å². The summed E-state index contributed by atoms with van der Waals surface area (Å²) in [6, 6.07) is 4.67. The van der Waals surface area contributed by atoms with Gasteiger partial charge in [0.1, 0.15) is 0 Å². The van der Waals surface area contributed by atoms with Gasteiger partial charge < -0.3 is 5.32 Å². The van der Waals surface area contributed by atoms with Gasteiger partial charge in [-0.05, 0) is 80.9 Å². The van der Waals surface area contributed by atoms with E-state index in [2.05, 4.69) is 15.6 Å². The maximum atomic E-state index is 13.0. The minimum absolute atomic E-state index is 0.0320. The van der Waals surface area contributed by atoms with E-state index in [0.717, 1.165) is 19.3 Å². The van der Waals surface area contributed by atoms with Crippen LogP contribution in [0.1, 0.15) is 51.0 Å². The molecule has 8 heteroatoms. The first kappa shape index (κ1) is 19.4. The molecule has 5 rings (SSSR count). The summed E-state index contributed by atoms with van der Waals surface area (Å²) in [5.41, 5.74) is 3.00. The Kier molecular flexibility index (Phi) is 4.74. The van der Waals surface area contributed by atoms with Crippen LogP contribution in [0, 0.1) is 30.1 Å². The zero-order chi connectivity index (χ0) is 20.1. The molecule has 0 spiro atoms. The lowest BCUT2D eigenvalue weighted by molar-refractivity contribution is -0.146. The minimum atomic E-state index is -3.95. The van der Waals surface area contributed by atoms with Gasteiger partial charge in [-0.25, -0.2) is 8.42 Å². The average Bonchev–Trinajstić information content (AvgIpc) is 2.59. The van der Waals surface area contributed by atoms with Crippen LogP contribution < -0.4 is 15.6 Å². The van der Waals surface area contributed by atoms with Crippen LogP contribution >= 0.6 is 0 Å². The van der Waals surface area contributed by atoms with Gasteiger partial charge >= 0.3 is 0 Å². The molecule has 0 aromatic heterocycles. The predicted molar refractivity (Wildman–Crippen MR) is 105 cm³/mol. The van der Waals surface area contributed by atoms with Crippen LogP contribution in [0.5, 0.6) is 0 Å². The second-order valence-electron chi connectivity index (χ2n) is 8.92. The minimum Gasteiger partial charge on any atom is -0.326 e. The van der Waals surface area contributed by atoms with Gasteiger partial charge in [0, 0.05) is 12.6 Å². The average molecular weight is 406 g/mol. The third-order valence-corrected chi connectivity index (χ3v) is 8.01. The SMILES string of the molecule is CC(=O)Nc1ccc(C)c(S(=O)(=O)NNC(=O)C23CC4CC(CC(C4)C2)C3)c1. The Morgan fingerprint density at radius 3 is 2.14 bits per heavy atom. The Morgan fingerprint density at radius 2 is 1.61 bits per heavy atom. The number of hydrazine groups is 1. The van der Waals surface area contributed by atoms with Crippen molar-refractivity contribution in [3.8, 4) is 0 Å².